The molecule has 132 valence electrons. The Morgan fingerprint density at radius 1 is 1.23 bits per heavy atom. The molecule has 0 spiro atoms. The van der Waals surface area contributed by atoms with E-state index in [-0.39, 0.29) is 18.3 Å². The van der Waals surface area contributed by atoms with Crippen molar-refractivity contribution in [1.29, 1.82) is 0 Å². The standard InChI is InChI=1S/C18H15BrN4O3/c1-12(24)13-3-2-4-15(7-13)26-9-18(25)22-16-8-14(19)5-6-17(16)23-11-20-10-21-23/h2-8,10-11H,9H2,1H3,(H,22,25). The van der Waals surface area contributed by atoms with E-state index in [1.54, 1.807) is 41.3 Å². The molecule has 7 nitrogen and oxygen atoms in total. The van der Waals surface area contributed by atoms with E-state index in [1.165, 1.54) is 13.3 Å². The summed E-state index contributed by atoms with van der Waals surface area (Å²) in [7, 11) is 0. The van der Waals surface area contributed by atoms with Crippen molar-refractivity contribution in [2.24, 2.45) is 0 Å². The molecule has 3 aromatic rings. The summed E-state index contributed by atoms with van der Waals surface area (Å²) < 4.78 is 7.85. The van der Waals surface area contributed by atoms with Crippen molar-refractivity contribution in [3.8, 4) is 11.4 Å². The summed E-state index contributed by atoms with van der Waals surface area (Å²) in [5.41, 5.74) is 1.77. The highest BCUT2D eigenvalue weighted by Crippen LogP contribution is 2.24. The number of nitrogens with one attached hydrogen (secondary N) is 1. The van der Waals surface area contributed by atoms with Crippen molar-refractivity contribution in [2.45, 2.75) is 6.92 Å². The summed E-state index contributed by atoms with van der Waals surface area (Å²) in [5, 5.41) is 6.88. The number of amides is 1. The number of nitrogens with zero attached hydrogens (tertiary/aromatic N) is 3. The number of anilines is 1. The van der Waals surface area contributed by atoms with E-state index in [4.69, 9.17) is 4.74 Å². The summed E-state index contributed by atoms with van der Waals surface area (Å²) in [5.74, 6) is 0.0581. The molecule has 1 heterocycles. The molecule has 26 heavy (non-hydrogen) atoms. The van der Waals surface area contributed by atoms with Gasteiger partial charge in [0.15, 0.2) is 12.4 Å². The summed E-state index contributed by atoms with van der Waals surface area (Å²) in [6.07, 6.45) is 2.96. The number of hydrogen-bond acceptors (Lipinski definition) is 5. The lowest BCUT2D eigenvalue weighted by Crippen LogP contribution is -2.21. The van der Waals surface area contributed by atoms with Crippen molar-refractivity contribution < 1.29 is 14.3 Å². The average molecular weight is 415 g/mol. The van der Waals surface area contributed by atoms with Gasteiger partial charge in [0.2, 0.25) is 0 Å². The fourth-order valence-electron chi connectivity index (χ4n) is 2.28. The number of aromatic nitrogens is 3. The Kier molecular flexibility index (Phi) is 5.43. The maximum atomic E-state index is 12.3. The smallest absolute Gasteiger partial charge is 0.262 e. The monoisotopic (exact) mass is 414 g/mol. The van der Waals surface area contributed by atoms with Crippen LogP contribution in [-0.2, 0) is 4.79 Å². The van der Waals surface area contributed by atoms with Gasteiger partial charge in [-0.25, -0.2) is 9.67 Å². The van der Waals surface area contributed by atoms with E-state index in [0.29, 0.717) is 22.7 Å². The zero-order valence-electron chi connectivity index (χ0n) is 13.8. The van der Waals surface area contributed by atoms with Gasteiger partial charge in [-0.15, -0.1) is 0 Å². The second-order valence-corrected chi connectivity index (χ2v) is 6.34. The van der Waals surface area contributed by atoms with Gasteiger partial charge in [0.1, 0.15) is 18.4 Å². The van der Waals surface area contributed by atoms with E-state index in [0.717, 1.165) is 4.47 Å². The predicted molar refractivity (Wildman–Crippen MR) is 99.6 cm³/mol. The molecule has 2 aromatic carbocycles. The Labute approximate surface area is 158 Å². The van der Waals surface area contributed by atoms with Gasteiger partial charge in [-0.1, -0.05) is 28.1 Å². The van der Waals surface area contributed by atoms with E-state index < -0.39 is 0 Å². The van der Waals surface area contributed by atoms with Crippen molar-refractivity contribution in [3.05, 3.63) is 65.2 Å². The SMILES string of the molecule is CC(=O)c1cccc(OCC(=O)Nc2cc(Br)ccc2-n2cncn2)c1. The van der Waals surface area contributed by atoms with Crippen LogP contribution in [0.5, 0.6) is 5.75 Å². The molecule has 0 fully saturated rings. The summed E-state index contributed by atoms with van der Waals surface area (Å²) >= 11 is 3.39. The fourth-order valence-corrected chi connectivity index (χ4v) is 2.64. The van der Waals surface area contributed by atoms with Crippen molar-refractivity contribution in [2.75, 3.05) is 11.9 Å². The van der Waals surface area contributed by atoms with Gasteiger partial charge in [0, 0.05) is 10.0 Å². The first kappa shape index (κ1) is 17.8. The number of halogens is 1. The van der Waals surface area contributed by atoms with E-state index in [9.17, 15) is 9.59 Å². The molecule has 1 aromatic heterocycles. The summed E-state index contributed by atoms with van der Waals surface area (Å²) in [4.78, 5) is 27.6. The van der Waals surface area contributed by atoms with Gasteiger partial charge in [0.25, 0.3) is 5.91 Å². The van der Waals surface area contributed by atoms with Gasteiger partial charge < -0.3 is 10.1 Å². The van der Waals surface area contributed by atoms with Gasteiger partial charge in [-0.05, 0) is 37.3 Å². The van der Waals surface area contributed by atoms with Crippen molar-refractivity contribution in [3.63, 3.8) is 0 Å². The number of carbonyl (C=O) groups is 2. The molecule has 0 bridgehead atoms. The Bertz CT molecular complexity index is 941. The van der Waals surface area contributed by atoms with Crippen LogP contribution in [0.25, 0.3) is 5.69 Å². The topological polar surface area (TPSA) is 86.1 Å². The molecule has 3 rings (SSSR count). The minimum atomic E-state index is -0.335. The zero-order valence-corrected chi connectivity index (χ0v) is 15.4. The van der Waals surface area contributed by atoms with Crippen LogP contribution in [0.3, 0.4) is 0 Å². The van der Waals surface area contributed by atoms with E-state index in [1.807, 2.05) is 12.1 Å². The highest BCUT2D eigenvalue weighted by Gasteiger charge is 2.11. The molecule has 0 saturated carbocycles. The lowest BCUT2D eigenvalue weighted by atomic mass is 10.1. The Morgan fingerprint density at radius 2 is 2.08 bits per heavy atom. The molecule has 1 amide bonds. The van der Waals surface area contributed by atoms with Crippen LogP contribution in [0.4, 0.5) is 5.69 Å². The Balaban J connectivity index is 1.70. The van der Waals surface area contributed by atoms with Gasteiger partial charge in [-0.3, -0.25) is 9.59 Å². The Hall–Kier alpha value is -3.00. The third-order valence-corrected chi connectivity index (χ3v) is 4.00. The van der Waals surface area contributed by atoms with E-state index >= 15 is 0 Å². The van der Waals surface area contributed by atoms with Crippen LogP contribution in [0, 0.1) is 0 Å². The third kappa shape index (κ3) is 4.34. The molecule has 0 saturated heterocycles. The normalized spacial score (nSPS) is 10.4. The lowest BCUT2D eigenvalue weighted by Gasteiger charge is -2.12. The van der Waals surface area contributed by atoms with Crippen LogP contribution < -0.4 is 10.1 Å². The minimum Gasteiger partial charge on any atom is -0.484 e. The molecule has 1 N–H and O–H groups in total. The number of carbonyl (C=O) groups excluding carboxylic acids is 2. The quantitative estimate of drug-likeness (QED) is 0.625. The number of rotatable bonds is 6. The van der Waals surface area contributed by atoms with Gasteiger partial charge in [0.05, 0.1) is 11.4 Å². The van der Waals surface area contributed by atoms with Gasteiger partial charge >= 0.3 is 0 Å². The van der Waals surface area contributed by atoms with Crippen LogP contribution in [0.1, 0.15) is 17.3 Å². The first-order chi connectivity index (χ1) is 12.5. The first-order valence-electron chi connectivity index (χ1n) is 7.71. The number of ether oxygens (including phenoxy) is 1. The summed E-state index contributed by atoms with van der Waals surface area (Å²) in [6, 6.07) is 12.1. The summed E-state index contributed by atoms with van der Waals surface area (Å²) in [6.45, 7) is 1.29. The lowest BCUT2D eigenvalue weighted by molar-refractivity contribution is -0.118. The number of Topliss-reactive ketones (excluding diaryl/α,β-unsaturated/α-hetero) is 1. The first-order valence-corrected chi connectivity index (χ1v) is 8.50. The molecule has 0 atom stereocenters. The van der Waals surface area contributed by atoms with Crippen molar-refractivity contribution in [1.82, 2.24) is 14.8 Å². The maximum Gasteiger partial charge on any atom is 0.262 e. The second kappa shape index (κ2) is 7.92. The van der Waals surface area contributed by atoms with Gasteiger partial charge in [-0.2, -0.15) is 5.10 Å². The molecular weight excluding hydrogens is 400 g/mol. The predicted octanol–water partition coefficient (Wildman–Crippen LogP) is 3.25. The van der Waals surface area contributed by atoms with Crippen LogP contribution in [-0.4, -0.2) is 33.1 Å². The minimum absolute atomic E-state index is 0.0634. The molecular formula is C18H15BrN4O3. The largest absolute Gasteiger partial charge is 0.484 e. The second-order valence-electron chi connectivity index (χ2n) is 5.42. The maximum absolute atomic E-state index is 12.3. The molecule has 0 aliphatic rings. The van der Waals surface area contributed by atoms with Crippen LogP contribution in [0.2, 0.25) is 0 Å². The number of ketones is 1. The molecule has 8 heteroatoms. The highest BCUT2D eigenvalue weighted by atomic mass is 79.9. The van der Waals surface area contributed by atoms with Crippen LogP contribution in [0.15, 0.2) is 59.6 Å². The molecule has 0 aliphatic heterocycles. The zero-order chi connectivity index (χ0) is 18.5. The molecule has 0 radical (unpaired) electrons. The van der Waals surface area contributed by atoms with E-state index in [2.05, 4.69) is 31.3 Å². The van der Waals surface area contributed by atoms with Crippen molar-refractivity contribution >= 4 is 33.3 Å². The average Bonchev–Trinajstić information content (AvgIpc) is 3.15. The molecule has 0 unspecified atom stereocenters. The molecule has 0 aliphatic carbocycles. The number of hydrogen-bond donors (Lipinski definition) is 1. The van der Waals surface area contributed by atoms with Crippen LogP contribution >= 0.6 is 15.9 Å². The number of benzene rings is 2. The highest BCUT2D eigenvalue weighted by molar-refractivity contribution is 9.10. The Morgan fingerprint density at radius 3 is 2.81 bits per heavy atom. The third-order valence-electron chi connectivity index (χ3n) is 3.51. The fraction of sp³-hybridized carbons (Fsp3) is 0.111.